The van der Waals surface area contributed by atoms with E-state index in [9.17, 15) is 0 Å². The smallest absolute Gasteiger partial charge is 0.142 e. The first-order valence-corrected chi connectivity index (χ1v) is 4.83. The Hall–Kier alpha value is -0.890. The molecule has 13 heavy (non-hydrogen) atoms. The molecule has 0 aliphatic carbocycles. The number of nitrogens with one attached hydrogen (secondary N) is 1. The Morgan fingerprint density at radius 2 is 2.38 bits per heavy atom. The predicted molar refractivity (Wildman–Crippen MR) is 54.6 cm³/mol. The minimum absolute atomic E-state index is 0.273. The van der Waals surface area contributed by atoms with Crippen molar-refractivity contribution in [1.29, 1.82) is 0 Å². The quantitative estimate of drug-likeness (QED) is 0.691. The van der Waals surface area contributed by atoms with E-state index in [-0.39, 0.29) is 6.10 Å². The zero-order valence-corrected chi connectivity index (χ0v) is 8.27. The van der Waals surface area contributed by atoms with E-state index in [1.165, 1.54) is 0 Å². The van der Waals surface area contributed by atoms with Gasteiger partial charge in [-0.05, 0) is 25.1 Å². The van der Waals surface area contributed by atoms with Crippen molar-refractivity contribution in [3.63, 3.8) is 0 Å². The molecule has 0 bridgehead atoms. The maximum absolute atomic E-state index is 5.87. The number of hydrogen-bond acceptors (Lipinski definition) is 2. The van der Waals surface area contributed by atoms with Crippen molar-refractivity contribution in [3.8, 4) is 5.75 Å². The van der Waals surface area contributed by atoms with E-state index < -0.39 is 0 Å². The maximum atomic E-state index is 5.87. The van der Waals surface area contributed by atoms with Crippen LogP contribution < -0.4 is 10.1 Å². The van der Waals surface area contributed by atoms with Gasteiger partial charge in [-0.2, -0.15) is 0 Å². The normalized spacial score (nSPS) is 20.9. The Kier molecular flexibility index (Phi) is 2.32. The van der Waals surface area contributed by atoms with Gasteiger partial charge in [-0.25, -0.2) is 0 Å². The first kappa shape index (κ1) is 8.70. The van der Waals surface area contributed by atoms with Gasteiger partial charge in [0.2, 0.25) is 0 Å². The van der Waals surface area contributed by atoms with Gasteiger partial charge >= 0.3 is 0 Å². The van der Waals surface area contributed by atoms with Gasteiger partial charge in [0.05, 0.1) is 11.8 Å². The van der Waals surface area contributed by atoms with Gasteiger partial charge in [-0.3, -0.25) is 0 Å². The van der Waals surface area contributed by atoms with Crippen LogP contribution in [0.1, 0.15) is 13.3 Å². The topological polar surface area (TPSA) is 21.3 Å². The van der Waals surface area contributed by atoms with Crippen LogP contribution in [0.25, 0.3) is 0 Å². The van der Waals surface area contributed by atoms with E-state index in [4.69, 9.17) is 16.3 Å². The fourth-order valence-electron chi connectivity index (χ4n) is 1.43. The zero-order valence-electron chi connectivity index (χ0n) is 7.51. The molecule has 2 nitrogen and oxygen atoms in total. The van der Waals surface area contributed by atoms with Crippen molar-refractivity contribution >= 4 is 17.3 Å². The fraction of sp³-hybridized carbons (Fsp3) is 0.400. The molecule has 3 heteroatoms. The summed E-state index contributed by atoms with van der Waals surface area (Å²) >= 11 is 5.87. The van der Waals surface area contributed by atoms with E-state index in [1.54, 1.807) is 0 Å². The van der Waals surface area contributed by atoms with Gasteiger partial charge in [0.15, 0.2) is 0 Å². The van der Waals surface area contributed by atoms with Gasteiger partial charge in [0.25, 0.3) is 0 Å². The number of ether oxygens (including phenoxy) is 1. The lowest BCUT2D eigenvalue weighted by Crippen LogP contribution is -2.11. The Morgan fingerprint density at radius 1 is 1.54 bits per heavy atom. The molecule has 1 aliphatic heterocycles. The van der Waals surface area contributed by atoms with Crippen LogP contribution in [0.4, 0.5) is 5.69 Å². The minimum atomic E-state index is 0.273. The molecule has 70 valence electrons. The minimum Gasteiger partial charge on any atom is -0.488 e. The second-order valence-electron chi connectivity index (χ2n) is 3.28. The molecule has 2 rings (SSSR count). The third kappa shape index (κ3) is 1.89. The van der Waals surface area contributed by atoms with Crippen molar-refractivity contribution < 1.29 is 4.74 Å². The number of rotatable bonds is 0. The summed E-state index contributed by atoms with van der Waals surface area (Å²) in [5.41, 5.74) is 0.997. The number of benzene rings is 1. The van der Waals surface area contributed by atoms with Crippen molar-refractivity contribution in [1.82, 2.24) is 0 Å². The van der Waals surface area contributed by atoms with Crippen LogP contribution in [-0.4, -0.2) is 12.6 Å². The predicted octanol–water partition coefficient (Wildman–Crippen LogP) is 2.92. The zero-order chi connectivity index (χ0) is 9.26. The molecule has 0 spiro atoms. The van der Waals surface area contributed by atoms with Crippen LogP contribution in [0.3, 0.4) is 0 Å². The van der Waals surface area contributed by atoms with Crippen molar-refractivity contribution in [3.05, 3.63) is 23.2 Å². The van der Waals surface area contributed by atoms with Gasteiger partial charge in [-0.15, -0.1) is 0 Å². The van der Waals surface area contributed by atoms with E-state index in [2.05, 4.69) is 12.2 Å². The molecule has 1 aromatic carbocycles. The highest BCUT2D eigenvalue weighted by atomic mass is 35.5. The summed E-state index contributed by atoms with van der Waals surface area (Å²) in [4.78, 5) is 0. The van der Waals surface area contributed by atoms with Crippen LogP contribution in [-0.2, 0) is 0 Å². The summed E-state index contributed by atoms with van der Waals surface area (Å²) in [5, 5.41) is 4.03. The number of hydrogen-bond donors (Lipinski definition) is 1. The summed E-state index contributed by atoms with van der Waals surface area (Å²) in [6, 6.07) is 5.65. The molecule has 1 unspecified atom stereocenters. The van der Waals surface area contributed by atoms with E-state index in [0.29, 0.717) is 0 Å². The number of fused-ring (bicyclic) bond motifs is 1. The Labute approximate surface area is 82.9 Å². The molecule has 1 heterocycles. The van der Waals surface area contributed by atoms with Crippen LogP contribution in [0.5, 0.6) is 5.75 Å². The summed E-state index contributed by atoms with van der Waals surface area (Å²) in [6.45, 7) is 3.01. The van der Waals surface area contributed by atoms with E-state index >= 15 is 0 Å². The molecule has 0 saturated carbocycles. The third-order valence-corrected chi connectivity index (χ3v) is 2.37. The largest absolute Gasteiger partial charge is 0.488 e. The van der Waals surface area contributed by atoms with Crippen molar-refractivity contribution in [2.45, 2.75) is 19.4 Å². The van der Waals surface area contributed by atoms with Crippen LogP contribution in [0.2, 0.25) is 5.02 Å². The average molecular weight is 198 g/mol. The standard InChI is InChI=1S/C10H12ClNO/c1-7-4-5-12-9-6-8(11)2-3-10(9)13-7/h2-3,6-7,12H,4-5H2,1H3. The van der Waals surface area contributed by atoms with Crippen molar-refractivity contribution in [2.24, 2.45) is 0 Å². The van der Waals surface area contributed by atoms with E-state index in [1.807, 2.05) is 18.2 Å². The summed E-state index contributed by atoms with van der Waals surface area (Å²) in [6.07, 6.45) is 1.29. The Bertz CT molecular complexity index is 314. The SMILES string of the molecule is CC1CCNc2cc(Cl)ccc2O1. The van der Waals surface area contributed by atoms with Gasteiger partial charge in [0, 0.05) is 18.0 Å². The monoisotopic (exact) mass is 197 g/mol. The summed E-state index contributed by atoms with van der Waals surface area (Å²) < 4.78 is 5.69. The third-order valence-electron chi connectivity index (χ3n) is 2.14. The lowest BCUT2D eigenvalue weighted by molar-refractivity contribution is 0.222. The highest BCUT2D eigenvalue weighted by Crippen LogP contribution is 2.30. The summed E-state index contributed by atoms with van der Waals surface area (Å²) in [5.74, 6) is 0.898. The second kappa shape index (κ2) is 3.46. The molecule has 1 aliphatic rings. The lowest BCUT2D eigenvalue weighted by atomic mass is 10.3. The molecule has 0 fully saturated rings. The highest BCUT2D eigenvalue weighted by molar-refractivity contribution is 6.30. The first-order valence-electron chi connectivity index (χ1n) is 4.46. The molecule has 1 aromatic rings. The number of anilines is 1. The molecule has 0 radical (unpaired) electrons. The first-order chi connectivity index (χ1) is 6.25. The number of halogens is 1. The molecule has 1 N–H and O–H groups in total. The maximum Gasteiger partial charge on any atom is 0.142 e. The molecular weight excluding hydrogens is 186 g/mol. The van der Waals surface area contributed by atoms with Crippen LogP contribution in [0, 0.1) is 0 Å². The van der Waals surface area contributed by atoms with E-state index in [0.717, 1.165) is 29.4 Å². The Morgan fingerprint density at radius 3 is 3.23 bits per heavy atom. The molecule has 1 atom stereocenters. The van der Waals surface area contributed by atoms with Crippen LogP contribution in [0.15, 0.2) is 18.2 Å². The van der Waals surface area contributed by atoms with Gasteiger partial charge in [-0.1, -0.05) is 11.6 Å². The molecule has 0 saturated heterocycles. The second-order valence-corrected chi connectivity index (χ2v) is 3.72. The van der Waals surface area contributed by atoms with Crippen molar-refractivity contribution in [2.75, 3.05) is 11.9 Å². The average Bonchev–Trinajstić information content (AvgIpc) is 2.25. The Balaban J connectivity index is 2.34. The lowest BCUT2D eigenvalue weighted by Gasteiger charge is -2.11. The molecule has 0 aromatic heterocycles. The fourth-order valence-corrected chi connectivity index (χ4v) is 1.60. The van der Waals surface area contributed by atoms with Gasteiger partial charge < -0.3 is 10.1 Å². The molecule has 0 amide bonds. The highest BCUT2D eigenvalue weighted by Gasteiger charge is 2.12. The van der Waals surface area contributed by atoms with Gasteiger partial charge in [0.1, 0.15) is 5.75 Å². The van der Waals surface area contributed by atoms with Crippen LogP contribution >= 0.6 is 11.6 Å². The molecular formula is C10H12ClNO. The summed E-state index contributed by atoms with van der Waals surface area (Å²) in [7, 11) is 0.